The quantitative estimate of drug-likeness (QED) is 0.617. The number of para-hydroxylation sites is 1. The van der Waals surface area contributed by atoms with Crippen molar-refractivity contribution in [1.82, 2.24) is 9.55 Å². The molecule has 3 aromatic rings. The molecule has 0 saturated heterocycles. The first kappa shape index (κ1) is 18.3. The number of imidazole rings is 1. The summed E-state index contributed by atoms with van der Waals surface area (Å²) in [5, 5.41) is 6.53. The monoisotopic (exact) mass is 392 g/mol. The summed E-state index contributed by atoms with van der Waals surface area (Å²) in [4.78, 5) is 29.0. The number of aromatic nitrogens is 2. The van der Waals surface area contributed by atoms with Crippen LogP contribution in [-0.2, 0) is 4.79 Å². The Morgan fingerprint density at radius 2 is 1.64 bits per heavy atom. The number of hydrogen-bond acceptors (Lipinski definition) is 4. The van der Waals surface area contributed by atoms with E-state index in [-0.39, 0.29) is 17.7 Å². The molecular weight excluding hydrogens is 372 g/mol. The van der Waals surface area contributed by atoms with Gasteiger partial charge >= 0.3 is 0 Å². The minimum Gasteiger partial charge on any atom is -0.326 e. The van der Waals surface area contributed by atoms with Crippen LogP contribution in [-0.4, -0.2) is 27.6 Å². The summed E-state index contributed by atoms with van der Waals surface area (Å²) in [7, 11) is 0. The van der Waals surface area contributed by atoms with Gasteiger partial charge in [-0.2, -0.15) is 0 Å². The highest BCUT2D eigenvalue weighted by atomic mass is 32.2. The predicted molar refractivity (Wildman–Crippen MR) is 111 cm³/mol. The molecule has 2 aromatic carbocycles. The van der Waals surface area contributed by atoms with Gasteiger partial charge in [0.25, 0.3) is 5.91 Å². The molecule has 1 aliphatic rings. The Morgan fingerprint density at radius 1 is 1.00 bits per heavy atom. The summed E-state index contributed by atoms with van der Waals surface area (Å²) < 4.78 is 1.84. The molecule has 28 heavy (non-hydrogen) atoms. The molecule has 2 N–H and O–H groups in total. The number of nitrogens with zero attached hydrogens (tertiary/aromatic N) is 2. The molecule has 0 unspecified atom stereocenters. The average Bonchev–Trinajstić information content (AvgIpc) is 3.48. The standard InChI is InChI=1S/C21H20N4O2S/c1-28-21-22-13-18(25(21)17-5-3-2-4-6-17)20(27)24-16-11-9-15(10-12-16)23-19(26)14-7-8-14/h2-6,9-14H,7-8H2,1H3,(H,23,26)(H,24,27). The van der Waals surface area contributed by atoms with Crippen molar-refractivity contribution < 1.29 is 9.59 Å². The molecule has 0 radical (unpaired) electrons. The molecule has 1 aromatic heterocycles. The van der Waals surface area contributed by atoms with E-state index in [1.54, 1.807) is 30.5 Å². The van der Waals surface area contributed by atoms with Crippen LogP contribution in [0.2, 0.25) is 0 Å². The molecule has 2 amide bonds. The fraction of sp³-hybridized carbons (Fsp3) is 0.190. The van der Waals surface area contributed by atoms with E-state index in [2.05, 4.69) is 15.6 Å². The van der Waals surface area contributed by atoms with E-state index < -0.39 is 0 Å². The van der Waals surface area contributed by atoms with Crippen LogP contribution < -0.4 is 10.6 Å². The van der Waals surface area contributed by atoms with Crippen molar-refractivity contribution in [3.8, 4) is 5.69 Å². The second kappa shape index (κ2) is 7.90. The van der Waals surface area contributed by atoms with E-state index in [0.717, 1.165) is 29.4 Å². The van der Waals surface area contributed by atoms with Gasteiger partial charge in [-0.1, -0.05) is 30.0 Å². The third-order valence-corrected chi connectivity index (χ3v) is 5.17. The first-order valence-electron chi connectivity index (χ1n) is 9.05. The van der Waals surface area contributed by atoms with Crippen LogP contribution in [0.1, 0.15) is 23.3 Å². The van der Waals surface area contributed by atoms with Gasteiger partial charge in [-0.05, 0) is 55.5 Å². The van der Waals surface area contributed by atoms with Crippen molar-refractivity contribution in [1.29, 1.82) is 0 Å². The summed E-state index contributed by atoms with van der Waals surface area (Å²) >= 11 is 1.48. The number of rotatable bonds is 6. The van der Waals surface area contributed by atoms with Crippen molar-refractivity contribution in [3.63, 3.8) is 0 Å². The van der Waals surface area contributed by atoms with Crippen LogP contribution in [0, 0.1) is 5.92 Å². The van der Waals surface area contributed by atoms with Crippen molar-refractivity contribution in [2.75, 3.05) is 16.9 Å². The lowest BCUT2D eigenvalue weighted by atomic mass is 10.2. The Balaban J connectivity index is 1.51. The number of carbonyl (C=O) groups excluding carboxylic acids is 2. The van der Waals surface area contributed by atoms with Crippen LogP contribution in [0.5, 0.6) is 0 Å². The third-order valence-electron chi connectivity index (χ3n) is 4.52. The Morgan fingerprint density at radius 3 is 2.25 bits per heavy atom. The molecule has 1 heterocycles. The van der Waals surface area contributed by atoms with E-state index in [0.29, 0.717) is 11.4 Å². The highest BCUT2D eigenvalue weighted by molar-refractivity contribution is 7.98. The maximum absolute atomic E-state index is 12.8. The number of carbonyl (C=O) groups is 2. The summed E-state index contributed by atoms with van der Waals surface area (Å²) in [6.07, 6.45) is 5.44. The maximum atomic E-state index is 12.8. The number of thioether (sulfide) groups is 1. The summed E-state index contributed by atoms with van der Waals surface area (Å²) in [6, 6.07) is 16.8. The van der Waals surface area contributed by atoms with Gasteiger partial charge in [0.05, 0.1) is 6.20 Å². The first-order chi connectivity index (χ1) is 13.7. The topological polar surface area (TPSA) is 76.0 Å². The smallest absolute Gasteiger partial charge is 0.274 e. The van der Waals surface area contributed by atoms with Gasteiger partial charge in [0.2, 0.25) is 5.91 Å². The Bertz CT molecular complexity index is 995. The molecule has 0 spiro atoms. The fourth-order valence-electron chi connectivity index (χ4n) is 2.89. The van der Waals surface area contributed by atoms with Gasteiger partial charge in [-0.3, -0.25) is 14.2 Å². The van der Waals surface area contributed by atoms with Crippen LogP contribution in [0.15, 0.2) is 66.0 Å². The molecule has 1 fully saturated rings. The second-order valence-electron chi connectivity index (χ2n) is 6.60. The largest absolute Gasteiger partial charge is 0.326 e. The number of amides is 2. The Kier molecular flexibility index (Phi) is 5.16. The van der Waals surface area contributed by atoms with Crippen molar-refractivity contribution >= 4 is 35.0 Å². The molecule has 0 atom stereocenters. The number of benzene rings is 2. The predicted octanol–water partition coefficient (Wildman–Crippen LogP) is 4.20. The van der Waals surface area contributed by atoms with E-state index in [1.165, 1.54) is 11.8 Å². The van der Waals surface area contributed by atoms with Crippen molar-refractivity contribution in [3.05, 3.63) is 66.5 Å². The molecule has 1 aliphatic carbocycles. The number of hydrogen-bond donors (Lipinski definition) is 2. The van der Waals surface area contributed by atoms with Crippen molar-refractivity contribution in [2.24, 2.45) is 5.92 Å². The lowest BCUT2D eigenvalue weighted by Gasteiger charge is -2.11. The van der Waals surface area contributed by atoms with Gasteiger partial charge in [0.1, 0.15) is 5.69 Å². The molecule has 0 bridgehead atoms. The lowest BCUT2D eigenvalue weighted by molar-refractivity contribution is -0.117. The summed E-state index contributed by atoms with van der Waals surface area (Å²) in [6.45, 7) is 0. The first-order valence-corrected chi connectivity index (χ1v) is 10.3. The van der Waals surface area contributed by atoms with E-state index in [1.807, 2.05) is 41.2 Å². The maximum Gasteiger partial charge on any atom is 0.274 e. The van der Waals surface area contributed by atoms with Crippen LogP contribution in [0.4, 0.5) is 11.4 Å². The lowest BCUT2D eigenvalue weighted by Crippen LogP contribution is -2.17. The van der Waals surface area contributed by atoms with E-state index in [9.17, 15) is 9.59 Å². The SMILES string of the molecule is CSc1ncc(C(=O)Nc2ccc(NC(=O)C3CC3)cc2)n1-c1ccccc1. The normalized spacial score (nSPS) is 13.2. The third kappa shape index (κ3) is 3.94. The zero-order valence-corrected chi connectivity index (χ0v) is 16.2. The molecule has 4 rings (SSSR count). The second-order valence-corrected chi connectivity index (χ2v) is 7.37. The van der Waals surface area contributed by atoms with E-state index in [4.69, 9.17) is 0 Å². The van der Waals surface area contributed by atoms with Gasteiger partial charge in [-0.15, -0.1) is 0 Å². The molecule has 7 heteroatoms. The fourth-order valence-corrected chi connectivity index (χ4v) is 3.43. The minimum absolute atomic E-state index is 0.0631. The van der Waals surface area contributed by atoms with Gasteiger partial charge in [-0.25, -0.2) is 4.98 Å². The van der Waals surface area contributed by atoms with Crippen LogP contribution in [0.3, 0.4) is 0 Å². The molecule has 6 nitrogen and oxygen atoms in total. The van der Waals surface area contributed by atoms with E-state index >= 15 is 0 Å². The average molecular weight is 392 g/mol. The van der Waals surface area contributed by atoms with Crippen LogP contribution in [0.25, 0.3) is 5.69 Å². The molecular formula is C21H20N4O2S. The minimum atomic E-state index is -0.244. The molecule has 0 aliphatic heterocycles. The van der Waals surface area contributed by atoms with Gasteiger partial charge in [0, 0.05) is 23.0 Å². The summed E-state index contributed by atoms with van der Waals surface area (Å²) in [5.74, 6) is -0.0251. The number of anilines is 2. The Labute approximate surface area is 167 Å². The zero-order valence-electron chi connectivity index (χ0n) is 15.4. The highest BCUT2D eigenvalue weighted by Crippen LogP contribution is 2.30. The Hall–Kier alpha value is -3.06. The molecule has 1 saturated carbocycles. The van der Waals surface area contributed by atoms with Crippen molar-refractivity contribution in [2.45, 2.75) is 18.0 Å². The summed E-state index contributed by atoms with van der Waals surface area (Å²) in [5.41, 5.74) is 2.73. The zero-order chi connectivity index (χ0) is 19.5. The van der Waals surface area contributed by atoms with Gasteiger partial charge in [0.15, 0.2) is 5.16 Å². The van der Waals surface area contributed by atoms with Gasteiger partial charge < -0.3 is 10.6 Å². The number of nitrogens with one attached hydrogen (secondary N) is 2. The highest BCUT2D eigenvalue weighted by Gasteiger charge is 2.29. The molecule has 142 valence electrons. The van der Waals surface area contributed by atoms with Crippen LogP contribution >= 0.6 is 11.8 Å².